The van der Waals surface area contributed by atoms with Crippen LogP contribution in [0.15, 0.2) is 24.8 Å². The quantitative estimate of drug-likeness (QED) is 0.468. The lowest BCUT2D eigenvalue weighted by molar-refractivity contribution is -0.148. The van der Waals surface area contributed by atoms with Crippen LogP contribution in [0.5, 0.6) is 0 Å². The van der Waals surface area contributed by atoms with Gasteiger partial charge in [0.1, 0.15) is 0 Å². The standard InChI is InChI=1S/C12H18O4/c1-2-3-4-5-6-7-8-10(12(15)16)9-11(13)14/h2,6-7,10H,1,3-5,8-9H2,(H,13,14)(H,15,16). The topological polar surface area (TPSA) is 74.6 Å². The highest BCUT2D eigenvalue weighted by Gasteiger charge is 2.18. The Bertz CT molecular complexity index is 268. The van der Waals surface area contributed by atoms with E-state index in [2.05, 4.69) is 6.58 Å². The maximum Gasteiger partial charge on any atom is 0.307 e. The van der Waals surface area contributed by atoms with Crippen molar-refractivity contribution in [3.05, 3.63) is 24.8 Å². The number of allylic oxidation sites excluding steroid dienone is 3. The first-order chi connectivity index (χ1) is 7.57. The van der Waals surface area contributed by atoms with E-state index in [0.29, 0.717) is 0 Å². The summed E-state index contributed by atoms with van der Waals surface area (Å²) in [5.74, 6) is -2.96. The van der Waals surface area contributed by atoms with Crippen molar-refractivity contribution in [1.82, 2.24) is 0 Å². The number of unbranched alkanes of at least 4 members (excludes halogenated alkanes) is 2. The molecule has 0 aliphatic rings. The summed E-state index contributed by atoms with van der Waals surface area (Å²) in [7, 11) is 0. The van der Waals surface area contributed by atoms with Gasteiger partial charge in [-0.15, -0.1) is 6.58 Å². The van der Waals surface area contributed by atoms with Crippen molar-refractivity contribution in [2.24, 2.45) is 5.92 Å². The Morgan fingerprint density at radius 2 is 1.88 bits per heavy atom. The molecular weight excluding hydrogens is 208 g/mol. The number of rotatable bonds is 9. The first-order valence-corrected chi connectivity index (χ1v) is 5.28. The lowest BCUT2D eigenvalue weighted by Gasteiger charge is -2.05. The fraction of sp³-hybridized carbons (Fsp3) is 0.500. The van der Waals surface area contributed by atoms with Gasteiger partial charge in [-0.05, 0) is 25.7 Å². The van der Waals surface area contributed by atoms with Gasteiger partial charge in [-0.25, -0.2) is 0 Å². The van der Waals surface area contributed by atoms with Crippen LogP contribution in [0.25, 0.3) is 0 Å². The summed E-state index contributed by atoms with van der Waals surface area (Å²) in [5, 5.41) is 17.3. The largest absolute Gasteiger partial charge is 0.481 e. The number of hydrogen-bond donors (Lipinski definition) is 2. The molecule has 0 aromatic rings. The molecule has 0 aromatic carbocycles. The van der Waals surface area contributed by atoms with E-state index in [4.69, 9.17) is 10.2 Å². The van der Waals surface area contributed by atoms with Crippen molar-refractivity contribution in [2.75, 3.05) is 0 Å². The molecule has 2 N–H and O–H groups in total. The minimum atomic E-state index is -1.08. The monoisotopic (exact) mass is 226 g/mol. The zero-order valence-electron chi connectivity index (χ0n) is 9.26. The predicted molar refractivity (Wildman–Crippen MR) is 61.2 cm³/mol. The van der Waals surface area contributed by atoms with Crippen LogP contribution in [0.3, 0.4) is 0 Å². The molecule has 0 aliphatic carbocycles. The maximum absolute atomic E-state index is 10.7. The van der Waals surface area contributed by atoms with Gasteiger partial charge < -0.3 is 10.2 Å². The molecule has 0 spiro atoms. The van der Waals surface area contributed by atoms with E-state index in [9.17, 15) is 9.59 Å². The van der Waals surface area contributed by atoms with Crippen LogP contribution in [0.1, 0.15) is 32.1 Å². The van der Waals surface area contributed by atoms with Crippen LogP contribution >= 0.6 is 0 Å². The van der Waals surface area contributed by atoms with Crippen LogP contribution < -0.4 is 0 Å². The van der Waals surface area contributed by atoms with Gasteiger partial charge in [-0.3, -0.25) is 9.59 Å². The van der Waals surface area contributed by atoms with Crippen molar-refractivity contribution >= 4 is 11.9 Å². The Morgan fingerprint density at radius 1 is 1.19 bits per heavy atom. The Morgan fingerprint density at radius 3 is 2.38 bits per heavy atom. The molecule has 0 aromatic heterocycles. The highest BCUT2D eigenvalue weighted by atomic mass is 16.4. The Hall–Kier alpha value is -1.58. The Balaban J connectivity index is 3.87. The molecule has 0 aliphatic heterocycles. The van der Waals surface area contributed by atoms with E-state index in [0.717, 1.165) is 19.3 Å². The second-order valence-corrected chi connectivity index (χ2v) is 3.56. The fourth-order valence-corrected chi connectivity index (χ4v) is 1.24. The molecule has 0 saturated carbocycles. The number of hydrogen-bond acceptors (Lipinski definition) is 2. The molecule has 1 atom stereocenters. The Labute approximate surface area is 95.3 Å². The van der Waals surface area contributed by atoms with Crippen LogP contribution in [-0.2, 0) is 9.59 Å². The maximum atomic E-state index is 10.7. The van der Waals surface area contributed by atoms with Crippen LogP contribution in [0, 0.1) is 5.92 Å². The summed E-state index contributed by atoms with van der Waals surface area (Å²) in [6, 6.07) is 0. The first kappa shape index (κ1) is 14.4. The number of carboxylic acid groups (broad SMARTS) is 2. The third-order valence-electron chi connectivity index (χ3n) is 2.14. The third-order valence-corrected chi connectivity index (χ3v) is 2.14. The summed E-state index contributed by atoms with van der Waals surface area (Å²) in [5.41, 5.74) is 0. The van der Waals surface area contributed by atoms with E-state index < -0.39 is 17.9 Å². The molecule has 0 bridgehead atoms. The zero-order valence-corrected chi connectivity index (χ0v) is 9.26. The van der Waals surface area contributed by atoms with E-state index in [1.165, 1.54) is 0 Å². The smallest absolute Gasteiger partial charge is 0.307 e. The number of carboxylic acids is 2. The summed E-state index contributed by atoms with van der Waals surface area (Å²) >= 11 is 0. The molecule has 4 nitrogen and oxygen atoms in total. The van der Waals surface area contributed by atoms with Crippen molar-refractivity contribution < 1.29 is 19.8 Å². The molecule has 16 heavy (non-hydrogen) atoms. The van der Waals surface area contributed by atoms with Crippen molar-refractivity contribution in [3.63, 3.8) is 0 Å². The molecule has 90 valence electrons. The Kier molecular flexibility index (Phi) is 7.85. The lowest BCUT2D eigenvalue weighted by Crippen LogP contribution is -2.16. The van der Waals surface area contributed by atoms with E-state index in [1.807, 2.05) is 12.2 Å². The van der Waals surface area contributed by atoms with E-state index >= 15 is 0 Å². The fourth-order valence-electron chi connectivity index (χ4n) is 1.24. The van der Waals surface area contributed by atoms with Crippen molar-refractivity contribution in [2.45, 2.75) is 32.1 Å². The summed E-state index contributed by atoms with van der Waals surface area (Å²) < 4.78 is 0. The second-order valence-electron chi connectivity index (χ2n) is 3.56. The summed E-state index contributed by atoms with van der Waals surface area (Å²) in [6.45, 7) is 3.60. The van der Waals surface area contributed by atoms with E-state index in [1.54, 1.807) is 6.08 Å². The van der Waals surface area contributed by atoms with Crippen molar-refractivity contribution in [3.8, 4) is 0 Å². The molecule has 0 radical (unpaired) electrons. The minimum absolute atomic E-state index is 0.274. The number of aliphatic carboxylic acids is 2. The van der Waals surface area contributed by atoms with E-state index in [-0.39, 0.29) is 12.8 Å². The average Bonchev–Trinajstić information content (AvgIpc) is 2.20. The van der Waals surface area contributed by atoms with Gasteiger partial charge in [0.05, 0.1) is 12.3 Å². The van der Waals surface area contributed by atoms with Crippen LogP contribution in [-0.4, -0.2) is 22.2 Å². The van der Waals surface area contributed by atoms with Gasteiger partial charge in [-0.2, -0.15) is 0 Å². The van der Waals surface area contributed by atoms with Crippen molar-refractivity contribution in [1.29, 1.82) is 0 Å². The number of carbonyl (C=O) groups is 2. The second kappa shape index (κ2) is 8.71. The zero-order chi connectivity index (χ0) is 12.4. The normalized spacial score (nSPS) is 12.5. The van der Waals surface area contributed by atoms with Gasteiger partial charge in [-0.1, -0.05) is 18.2 Å². The van der Waals surface area contributed by atoms with Gasteiger partial charge in [0.2, 0.25) is 0 Å². The molecule has 0 saturated heterocycles. The van der Waals surface area contributed by atoms with Crippen LogP contribution in [0.2, 0.25) is 0 Å². The lowest BCUT2D eigenvalue weighted by atomic mass is 10.0. The SMILES string of the molecule is C=CCCCC=CCC(CC(=O)O)C(=O)O. The molecular formula is C12H18O4. The highest BCUT2D eigenvalue weighted by molar-refractivity contribution is 5.77. The summed E-state index contributed by atoms with van der Waals surface area (Å²) in [4.78, 5) is 21.1. The minimum Gasteiger partial charge on any atom is -0.481 e. The third kappa shape index (κ3) is 7.79. The summed E-state index contributed by atoms with van der Waals surface area (Å²) in [6.07, 6.45) is 8.19. The molecule has 0 fully saturated rings. The highest BCUT2D eigenvalue weighted by Crippen LogP contribution is 2.10. The molecule has 0 heterocycles. The van der Waals surface area contributed by atoms with Crippen LogP contribution in [0.4, 0.5) is 0 Å². The molecule has 1 unspecified atom stereocenters. The van der Waals surface area contributed by atoms with Gasteiger partial charge in [0.25, 0.3) is 0 Å². The van der Waals surface area contributed by atoms with Gasteiger partial charge in [0, 0.05) is 0 Å². The van der Waals surface area contributed by atoms with Gasteiger partial charge in [0.15, 0.2) is 0 Å². The molecule has 0 rings (SSSR count). The average molecular weight is 226 g/mol. The predicted octanol–water partition coefficient (Wildman–Crippen LogP) is 2.46. The molecule has 0 amide bonds. The molecule has 4 heteroatoms. The first-order valence-electron chi connectivity index (χ1n) is 5.28. The van der Waals surface area contributed by atoms with Gasteiger partial charge >= 0.3 is 11.9 Å².